The van der Waals surface area contributed by atoms with Crippen molar-refractivity contribution in [3.63, 3.8) is 0 Å². The Kier molecular flexibility index (Phi) is 5.89. The van der Waals surface area contributed by atoms with Crippen molar-refractivity contribution in [2.75, 3.05) is 18.4 Å². The highest BCUT2D eigenvalue weighted by Gasteiger charge is 2.14. The lowest BCUT2D eigenvalue weighted by Gasteiger charge is -2.11. The summed E-state index contributed by atoms with van der Waals surface area (Å²) in [6.07, 6.45) is 1.03. The highest BCUT2D eigenvalue weighted by molar-refractivity contribution is 6.00. The molecule has 0 aliphatic heterocycles. The molecule has 0 saturated carbocycles. The van der Waals surface area contributed by atoms with E-state index in [1.165, 1.54) is 0 Å². The molecule has 110 valence electrons. The van der Waals surface area contributed by atoms with Crippen LogP contribution >= 0.6 is 0 Å². The maximum absolute atomic E-state index is 13.2. The van der Waals surface area contributed by atoms with Gasteiger partial charge in [-0.2, -0.15) is 0 Å². The summed E-state index contributed by atoms with van der Waals surface area (Å²) in [7, 11) is 0. The standard InChI is InChI=1S/C13H19FN4O2/c1-4-15-12-10(5-9(14)6-16-12)13(20)17-7-11(19)18-8(2)3/h5-6,8H,4,7H2,1-3H3,(H,15,16)(H,17,20)(H,18,19). The first-order valence-electron chi connectivity index (χ1n) is 6.41. The number of nitrogens with one attached hydrogen (secondary N) is 3. The van der Waals surface area contributed by atoms with Crippen molar-refractivity contribution in [3.8, 4) is 0 Å². The molecule has 0 atom stereocenters. The van der Waals surface area contributed by atoms with E-state index in [1.807, 2.05) is 20.8 Å². The molecule has 20 heavy (non-hydrogen) atoms. The summed E-state index contributed by atoms with van der Waals surface area (Å²) in [4.78, 5) is 27.2. The third kappa shape index (κ3) is 4.83. The fraction of sp³-hybridized carbons (Fsp3) is 0.462. The minimum absolute atomic E-state index is 0.00689. The van der Waals surface area contributed by atoms with Gasteiger partial charge in [0.1, 0.15) is 11.6 Å². The lowest BCUT2D eigenvalue weighted by atomic mass is 10.2. The SMILES string of the molecule is CCNc1ncc(F)cc1C(=O)NCC(=O)NC(C)C. The Balaban J connectivity index is 2.71. The molecule has 2 amide bonds. The van der Waals surface area contributed by atoms with Gasteiger partial charge in [0, 0.05) is 12.6 Å². The molecule has 0 unspecified atom stereocenters. The molecule has 3 N–H and O–H groups in total. The Bertz CT molecular complexity index is 491. The molecule has 1 heterocycles. The van der Waals surface area contributed by atoms with E-state index in [9.17, 15) is 14.0 Å². The first kappa shape index (κ1) is 15.9. The number of hydrogen-bond acceptors (Lipinski definition) is 4. The number of nitrogens with zero attached hydrogens (tertiary/aromatic N) is 1. The number of rotatable bonds is 6. The zero-order valence-corrected chi connectivity index (χ0v) is 11.8. The van der Waals surface area contributed by atoms with Crippen LogP contribution in [0.1, 0.15) is 31.1 Å². The van der Waals surface area contributed by atoms with Crippen molar-refractivity contribution in [3.05, 3.63) is 23.6 Å². The van der Waals surface area contributed by atoms with Gasteiger partial charge < -0.3 is 16.0 Å². The van der Waals surface area contributed by atoms with Crippen molar-refractivity contribution in [1.29, 1.82) is 0 Å². The Morgan fingerprint density at radius 2 is 2.10 bits per heavy atom. The van der Waals surface area contributed by atoms with Crippen LogP contribution in [-0.2, 0) is 4.79 Å². The second-order valence-electron chi connectivity index (χ2n) is 4.48. The van der Waals surface area contributed by atoms with Crippen LogP contribution in [0, 0.1) is 5.82 Å². The van der Waals surface area contributed by atoms with Crippen molar-refractivity contribution in [1.82, 2.24) is 15.6 Å². The zero-order chi connectivity index (χ0) is 15.1. The van der Waals surface area contributed by atoms with Crippen LogP contribution in [-0.4, -0.2) is 35.9 Å². The van der Waals surface area contributed by atoms with E-state index in [4.69, 9.17) is 0 Å². The molecule has 7 heteroatoms. The van der Waals surface area contributed by atoms with Crippen molar-refractivity contribution < 1.29 is 14.0 Å². The molecule has 1 aromatic rings. The van der Waals surface area contributed by atoms with E-state index in [-0.39, 0.29) is 29.9 Å². The van der Waals surface area contributed by atoms with E-state index in [2.05, 4.69) is 20.9 Å². The lowest BCUT2D eigenvalue weighted by molar-refractivity contribution is -0.120. The van der Waals surface area contributed by atoms with E-state index >= 15 is 0 Å². The zero-order valence-electron chi connectivity index (χ0n) is 11.8. The Labute approximate surface area is 117 Å². The molecular formula is C13H19FN4O2. The summed E-state index contributed by atoms with van der Waals surface area (Å²) >= 11 is 0. The molecule has 0 saturated heterocycles. The summed E-state index contributed by atoms with van der Waals surface area (Å²) in [6, 6.07) is 1.08. The van der Waals surface area contributed by atoms with Crippen LogP contribution in [0.15, 0.2) is 12.3 Å². The first-order valence-corrected chi connectivity index (χ1v) is 6.41. The number of hydrogen-bond donors (Lipinski definition) is 3. The molecule has 0 aliphatic carbocycles. The fourth-order valence-corrected chi connectivity index (χ4v) is 1.55. The number of carbonyl (C=O) groups excluding carboxylic acids is 2. The maximum Gasteiger partial charge on any atom is 0.255 e. The van der Waals surface area contributed by atoms with Gasteiger partial charge in [0.2, 0.25) is 5.91 Å². The average molecular weight is 282 g/mol. The molecule has 0 aromatic carbocycles. The van der Waals surface area contributed by atoms with Gasteiger partial charge in [-0.15, -0.1) is 0 Å². The summed E-state index contributed by atoms with van der Waals surface area (Å²) in [6.45, 7) is 5.85. The van der Waals surface area contributed by atoms with Crippen molar-refractivity contribution >= 4 is 17.6 Å². The summed E-state index contributed by atoms with van der Waals surface area (Å²) in [5.74, 6) is -1.17. The second-order valence-corrected chi connectivity index (χ2v) is 4.48. The predicted molar refractivity (Wildman–Crippen MR) is 74.0 cm³/mol. The third-order valence-electron chi connectivity index (χ3n) is 2.30. The second kappa shape index (κ2) is 7.42. The molecule has 1 rings (SSSR count). The molecule has 0 aliphatic rings. The highest BCUT2D eigenvalue weighted by atomic mass is 19.1. The number of amides is 2. The molecular weight excluding hydrogens is 263 g/mol. The monoisotopic (exact) mass is 282 g/mol. The number of carbonyl (C=O) groups is 2. The van der Waals surface area contributed by atoms with E-state index in [0.717, 1.165) is 12.3 Å². The van der Waals surface area contributed by atoms with Gasteiger partial charge in [-0.25, -0.2) is 9.37 Å². The van der Waals surface area contributed by atoms with Gasteiger partial charge in [0.15, 0.2) is 0 Å². The van der Waals surface area contributed by atoms with Crippen molar-refractivity contribution in [2.45, 2.75) is 26.8 Å². The van der Waals surface area contributed by atoms with Gasteiger partial charge in [-0.1, -0.05) is 0 Å². The van der Waals surface area contributed by atoms with E-state index < -0.39 is 11.7 Å². The Hall–Kier alpha value is -2.18. The number of pyridine rings is 1. The maximum atomic E-state index is 13.2. The number of aromatic nitrogens is 1. The van der Waals surface area contributed by atoms with Crippen LogP contribution < -0.4 is 16.0 Å². The smallest absolute Gasteiger partial charge is 0.255 e. The Morgan fingerprint density at radius 1 is 1.40 bits per heavy atom. The minimum Gasteiger partial charge on any atom is -0.370 e. The summed E-state index contributed by atoms with van der Waals surface area (Å²) in [5.41, 5.74) is 0.0733. The number of halogens is 1. The van der Waals surface area contributed by atoms with Crippen LogP contribution in [0.2, 0.25) is 0 Å². The van der Waals surface area contributed by atoms with Gasteiger partial charge in [-0.05, 0) is 26.8 Å². The molecule has 1 aromatic heterocycles. The lowest BCUT2D eigenvalue weighted by Crippen LogP contribution is -2.40. The minimum atomic E-state index is -0.608. The number of anilines is 1. The molecule has 0 fully saturated rings. The fourth-order valence-electron chi connectivity index (χ4n) is 1.55. The van der Waals surface area contributed by atoms with Gasteiger partial charge in [0.25, 0.3) is 5.91 Å². The van der Waals surface area contributed by atoms with Crippen LogP contribution in [0.5, 0.6) is 0 Å². The molecule has 0 bridgehead atoms. The summed E-state index contributed by atoms with van der Waals surface area (Å²) < 4.78 is 13.2. The van der Waals surface area contributed by atoms with Crippen LogP contribution in [0.4, 0.5) is 10.2 Å². The van der Waals surface area contributed by atoms with Gasteiger partial charge in [-0.3, -0.25) is 9.59 Å². The normalized spacial score (nSPS) is 10.2. The molecule has 0 radical (unpaired) electrons. The molecule has 0 spiro atoms. The van der Waals surface area contributed by atoms with E-state index in [0.29, 0.717) is 6.54 Å². The van der Waals surface area contributed by atoms with Crippen molar-refractivity contribution in [2.24, 2.45) is 0 Å². The predicted octanol–water partition coefficient (Wildman–Crippen LogP) is 0.907. The quantitative estimate of drug-likeness (QED) is 0.724. The Morgan fingerprint density at radius 3 is 2.70 bits per heavy atom. The molecule has 6 nitrogen and oxygen atoms in total. The largest absolute Gasteiger partial charge is 0.370 e. The van der Waals surface area contributed by atoms with Gasteiger partial charge in [0.05, 0.1) is 18.3 Å². The third-order valence-corrected chi connectivity index (χ3v) is 2.30. The topological polar surface area (TPSA) is 83.1 Å². The van der Waals surface area contributed by atoms with Crippen LogP contribution in [0.3, 0.4) is 0 Å². The van der Waals surface area contributed by atoms with E-state index in [1.54, 1.807) is 0 Å². The summed E-state index contributed by atoms with van der Waals surface area (Å²) in [5, 5.41) is 7.94. The average Bonchev–Trinajstić information content (AvgIpc) is 2.37. The highest BCUT2D eigenvalue weighted by Crippen LogP contribution is 2.13. The first-order chi connectivity index (χ1) is 9.43. The van der Waals surface area contributed by atoms with Gasteiger partial charge >= 0.3 is 0 Å². The van der Waals surface area contributed by atoms with Crippen LogP contribution in [0.25, 0.3) is 0 Å².